The third-order valence-corrected chi connectivity index (χ3v) is 3.85. The van der Waals surface area contributed by atoms with Gasteiger partial charge in [0.25, 0.3) is 0 Å². The van der Waals surface area contributed by atoms with Crippen LogP contribution in [0.25, 0.3) is 10.9 Å². The fourth-order valence-electron chi connectivity index (χ4n) is 2.47. The summed E-state index contributed by atoms with van der Waals surface area (Å²) in [6.45, 7) is 5.19. The van der Waals surface area contributed by atoms with Crippen LogP contribution in [0.2, 0.25) is 0 Å². The molecule has 0 radical (unpaired) electrons. The van der Waals surface area contributed by atoms with E-state index >= 15 is 0 Å². The zero-order valence-corrected chi connectivity index (χ0v) is 15.3. The molecular weight excluding hydrogens is 378 g/mol. The van der Waals surface area contributed by atoms with Crippen LogP contribution >= 0.6 is 0 Å². The summed E-state index contributed by atoms with van der Waals surface area (Å²) in [4.78, 5) is 7.72. The molecule has 3 rings (SSSR count). The van der Waals surface area contributed by atoms with E-state index in [9.17, 15) is 17.6 Å². The molecule has 0 saturated carbocycles. The fourth-order valence-corrected chi connectivity index (χ4v) is 2.47. The van der Waals surface area contributed by atoms with Crippen LogP contribution in [0.1, 0.15) is 19.4 Å². The molecular formula is C18H19F4N5O. The van der Waals surface area contributed by atoms with E-state index in [4.69, 9.17) is 4.74 Å². The molecule has 0 bridgehead atoms. The summed E-state index contributed by atoms with van der Waals surface area (Å²) in [7, 11) is 0. The molecule has 3 aromatic heterocycles. The Bertz CT molecular complexity index is 955. The molecule has 0 spiro atoms. The van der Waals surface area contributed by atoms with Gasteiger partial charge in [0.1, 0.15) is 12.4 Å². The molecule has 0 amide bonds. The van der Waals surface area contributed by atoms with Crippen LogP contribution in [-0.2, 0) is 12.7 Å². The van der Waals surface area contributed by atoms with E-state index in [2.05, 4.69) is 34.2 Å². The summed E-state index contributed by atoms with van der Waals surface area (Å²) in [5, 5.41) is 8.49. The molecule has 3 heterocycles. The molecule has 3 aromatic rings. The van der Waals surface area contributed by atoms with Crippen molar-refractivity contribution in [2.24, 2.45) is 5.92 Å². The van der Waals surface area contributed by atoms with E-state index in [1.807, 2.05) is 0 Å². The quantitative estimate of drug-likeness (QED) is 0.608. The molecule has 150 valence electrons. The summed E-state index contributed by atoms with van der Waals surface area (Å²) >= 11 is 0. The average molecular weight is 397 g/mol. The Hall–Kier alpha value is -2.91. The van der Waals surface area contributed by atoms with Crippen molar-refractivity contribution in [3.63, 3.8) is 0 Å². The Morgan fingerprint density at radius 1 is 1.25 bits per heavy atom. The number of hydrogen-bond donors (Lipinski definition) is 1. The van der Waals surface area contributed by atoms with Crippen LogP contribution in [0.3, 0.4) is 0 Å². The Balaban J connectivity index is 1.65. The highest BCUT2D eigenvalue weighted by Crippen LogP contribution is 2.30. The van der Waals surface area contributed by atoms with Gasteiger partial charge in [-0.15, -0.1) is 0 Å². The number of alkyl halides is 3. The van der Waals surface area contributed by atoms with Gasteiger partial charge in [-0.2, -0.15) is 18.3 Å². The first kappa shape index (κ1) is 19.8. The molecule has 0 aliphatic heterocycles. The van der Waals surface area contributed by atoms with Gasteiger partial charge >= 0.3 is 6.18 Å². The first-order chi connectivity index (χ1) is 13.2. The van der Waals surface area contributed by atoms with Gasteiger partial charge in [0, 0.05) is 25.1 Å². The van der Waals surface area contributed by atoms with Gasteiger partial charge in [-0.1, -0.05) is 13.8 Å². The molecule has 0 unspecified atom stereocenters. The summed E-state index contributed by atoms with van der Waals surface area (Å²) in [5.41, 5.74) is -0.426. The second-order valence-electron chi connectivity index (χ2n) is 6.62. The second kappa shape index (κ2) is 7.99. The highest BCUT2D eigenvalue weighted by Gasteiger charge is 2.32. The maximum Gasteiger partial charge on any atom is 0.417 e. The maximum absolute atomic E-state index is 13.8. The number of aromatic nitrogens is 4. The van der Waals surface area contributed by atoms with Gasteiger partial charge in [-0.05, 0) is 18.1 Å². The SMILES string of the molecule is CC(C)CNc1nccc2nn(CCOc3ncc(C(F)(F)F)cc3F)cc12. The number of nitrogens with zero attached hydrogens (tertiary/aromatic N) is 4. The van der Waals surface area contributed by atoms with Crippen LogP contribution in [0.5, 0.6) is 5.88 Å². The van der Waals surface area contributed by atoms with E-state index in [0.29, 0.717) is 24.0 Å². The topological polar surface area (TPSA) is 64.9 Å². The van der Waals surface area contributed by atoms with Crippen molar-refractivity contribution >= 4 is 16.7 Å². The highest BCUT2D eigenvalue weighted by molar-refractivity contribution is 5.88. The summed E-state index contributed by atoms with van der Waals surface area (Å²) < 4.78 is 58.1. The van der Waals surface area contributed by atoms with Crippen LogP contribution < -0.4 is 10.1 Å². The Morgan fingerprint density at radius 2 is 2.04 bits per heavy atom. The molecule has 0 saturated heterocycles. The van der Waals surface area contributed by atoms with E-state index in [-0.39, 0.29) is 13.2 Å². The largest absolute Gasteiger partial charge is 0.474 e. The third kappa shape index (κ3) is 4.68. The number of rotatable bonds is 7. The minimum absolute atomic E-state index is 0.00847. The van der Waals surface area contributed by atoms with E-state index in [0.717, 1.165) is 17.4 Å². The average Bonchev–Trinajstić information content (AvgIpc) is 3.03. The van der Waals surface area contributed by atoms with Gasteiger partial charge < -0.3 is 10.1 Å². The smallest absolute Gasteiger partial charge is 0.417 e. The monoisotopic (exact) mass is 397 g/mol. The predicted octanol–water partition coefficient (Wildman–Crippen LogP) is 4.13. The number of halogens is 4. The number of nitrogens with one attached hydrogen (secondary N) is 1. The first-order valence-corrected chi connectivity index (χ1v) is 8.65. The second-order valence-corrected chi connectivity index (χ2v) is 6.62. The molecule has 0 aliphatic rings. The lowest BCUT2D eigenvalue weighted by Crippen LogP contribution is -2.11. The third-order valence-electron chi connectivity index (χ3n) is 3.85. The molecule has 10 heteroatoms. The predicted molar refractivity (Wildman–Crippen MR) is 95.5 cm³/mol. The Morgan fingerprint density at radius 3 is 2.71 bits per heavy atom. The van der Waals surface area contributed by atoms with Gasteiger partial charge in [0.15, 0.2) is 5.82 Å². The zero-order valence-electron chi connectivity index (χ0n) is 15.3. The normalized spacial score (nSPS) is 12.0. The lowest BCUT2D eigenvalue weighted by atomic mass is 10.2. The van der Waals surface area contributed by atoms with Gasteiger partial charge in [0.05, 0.1) is 23.0 Å². The molecule has 0 fully saturated rings. The van der Waals surface area contributed by atoms with E-state index < -0.39 is 23.4 Å². The summed E-state index contributed by atoms with van der Waals surface area (Å²) in [6.07, 6.45) is -0.679. The van der Waals surface area contributed by atoms with Crippen molar-refractivity contribution in [1.82, 2.24) is 19.7 Å². The number of pyridine rings is 2. The molecule has 0 aromatic carbocycles. The number of hydrogen-bond acceptors (Lipinski definition) is 5. The summed E-state index contributed by atoms with van der Waals surface area (Å²) in [5.74, 6) is -0.476. The summed E-state index contributed by atoms with van der Waals surface area (Å²) in [6, 6.07) is 2.13. The van der Waals surface area contributed by atoms with Crippen LogP contribution in [-0.4, -0.2) is 32.9 Å². The zero-order chi connectivity index (χ0) is 20.3. The molecule has 0 aliphatic carbocycles. The minimum atomic E-state index is -4.66. The standard InChI is InChI=1S/C18H19F4N5O/c1-11(2)8-24-16-13-10-27(26-15(13)3-4-23-16)5-6-28-17-14(19)7-12(9-25-17)18(20,21)22/h3-4,7,9-11H,5-6,8H2,1-2H3,(H,23,24). The molecule has 6 nitrogen and oxygen atoms in total. The molecule has 28 heavy (non-hydrogen) atoms. The lowest BCUT2D eigenvalue weighted by molar-refractivity contribution is -0.138. The van der Waals surface area contributed by atoms with Crippen LogP contribution in [0, 0.1) is 11.7 Å². The minimum Gasteiger partial charge on any atom is -0.474 e. The van der Waals surface area contributed by atoms with Crippen molar-refractivity contribution in [2.75, 3.05) is 18.5 Å². The Kier molecular flexibility index (Phi) is 5.66. The van der Waals surface area contributed by atoms with Crippen molar-refractivity contribution in [2.45, 2.75) is 26.6 Å². The van der Waals surface area contributed by atoms with Gasteiger partial charge in [0.2, 0.25) is 5.88 Å². The maximum atomic E-state index is 13.8. The van der Waals surface area contributed by atoms with E-state index in [1.165, 1.54) is 0 Å². The van der Waals surface area contributed by atoms with Crippen LogP contribution in [0.4, 0.5) is 23.4 Å². The number of fused-ring (bicyclic) bond motifs is 1. The van der Waals surface area contributed by atoms with Gasteiger partial charge in [-0.25, -0.2) is 14.4 Å². The van der Waals surface area contributed by atoms with Crippen molar-refractivity contribution in [3.05, 3.63) is 42.1 Å². The Labute approximate surface area is 158 Å². The fraction of sp³-hybridized carbons (Fsp3) is 0.389. The molecule has 1 N–H and O–H groups in total. The molecule has 0 atom stereocenters. The van der Waals surface area contributed by atoms with E-state index in [1.54, 1.807) is 23.1 Å². The van der Waals surface area contributed by atoms with Crippen LogP contribution in [0.15, 0.2) is 30.7 Å². The van der Waals surface area contributed by atoms with Crippen molar-refractivity contribution < 1.29 is 22.3 Å². The lowest BCUT2D eigenvalue weighted by Gasteiger charge is -2.09. The number of anilines is 1. The highest BCUT2D eigenvalue weighted by atomic mass is 19.4. The number of ether oxygens (including phenoxy) is 1. The van der Waals surface area contributed by atoms with Crippen molar-refractivity contribution in [3.8, 4) is 5.88 Å². The van der Waals surface area contributed by atoms with Gasteiger partial charge in [-0.3, -0.25) is 4.68 Å². The van der Waals surface area contributed by atoms with Crippen molar-refractivity contribution in [1.29, 1.82) is 0 Å². The first-order valence-electron chi connectivity index (χ1n) is 8.65.